The second-order valence-corrected chi connectivity index (χ2v) is 6.97. The van der Waals surface area contributed by atoms with Crippen molar-refractivity contribution in [3.05, 3.63) is 29.8 Å². The summed E-state index contributed by atoms with van der Waals surface area (Å²) in [6.45, 7) is 0.617. The van der Waals surface area contributed by atoms with Crippen LogP contribution >= 0.6 is 0 Å². The smallest absolute Gasteiger partial charge is 0.310 e. The molecule has 0 unspecified atom stereocenters. The fraction of sp³-hybridized carbons (Fsp3) is 0.474. The highest BCUT2D eigenvalue weighted by molar-refractivity contribution is 5.90. The number of hydrogen-bond acceptors (Lipinski definition) is 6. The second kappa shape index (κ2) is 6.16. The molecule has 0 radical (unpaired) electrons. The molecule has 144 valence electrons. The van der Waals surface area contributed by atoms with Gasteiger partial charge in [-0.3, -0.25) is 9.59 Å². The van der Waals surface area contributed by atoms with Crippen LogP contribution in [0, 0.1) is 11.8 Å². The average Bonchev–Trinajstić information content (AvgIpc) is 3.29. The maximum atomic E-state index is 13.0. The van der Waals surface area contributed by atoms with E-state index in [1.165, 1.54) is 21.3 Å². The zero-order chi connectivity index (χ0) is 19.3. The monoisotopic (exact) mass is 375 g/mol. The van der Waals surface area contributed by atoms with E-state index in [-0.39, 0.29) is 5.91 Å². The van der Waals surface area contributed by atoms with Crippen molar-refractivity contribution in [3.63, 3.8) is 0 Å². The summed E-state index contributed by atoms with van der Waals surface area (Å²) in [6, 6.07) is 3.56. The van der Waals surface area contributed by atoms with Gasteiger partial charge >= 0.3 is 5.97 Å². The number of methoxy groups -OCH3 is 3. The fourth-order valence-electron chi connectivity index (χ4n) is 4.44. The molecule has 4 atom stereocenters. The molecule has 1 aromatic rings. The zero-order valence-corrected chi connectivity index (χ0v) is 15.3. The van der Waals surface area contributed by atoms with Crippen LogP contribution in [0.2, 0.25) is 0 Å². The summed E-state index contributed by atoms with van der Waals surface area (Å²) in [5.74, 6) is -1.26. The van der Waals surface area contributed by atoms with Gasteiger partial charge in [-0.05, 0) is 17.7 Å². The van der Waals surface area contributed by atoms with Gasteiger partial charge in [0.1, 0.15) is 11.5 Å². The lowest BCUT2D eigenvalue weighted by molar-refractivity contribution is -0.148. The van der Waals surface area contributed by atoms with Crippen molar-refractivity contribution in [3.8, 4) is 17.2 Å². The maximum absolute atomic E-state index is 13.0. The Morgan fingerprint density at radius 1 is 1.26 bits per heavy atom. The van der Waals surface area contributed by atoms with Crippen LogP contribution in [0.15, 0.2) is 24.3 Å². The van der Waals surface area contributed by atoms with E-state index < -0.39 is 29.5 Å². The Morgan fingerprint density at radius 2 is 1.93 bits per heavy atom. The van der Waals surface area contributed by atoms with Crippen molar-refractivity contribution in [2.24, 2.45) is 11.8 Å². The van der Waals surface area contributed by atoms with E-state index in [0.717, 1.165) is 5.56 Å². The molecule has 27 heavy (non-hydrogen) atoms. The Bertz CT molecular complexity index is 810. The highest BCUT2D eigenvalue weighted by Crippen LogP contribution is 2.52. The minimum Gasteiger partial charge on any atom is -0.493 e. The number of carbonyl (C=O) groups excluding carboxylic acids is 1. The molecule has 1 spiro atoms. The van der Waals surface area contributed by atoms with E-state index >= 15 is 0 Å². The summed E-state index contributed by atoms with van der Waals surface area (Å²) in [6.07, 6.45) is 3.07. The first-order valence-electron chi connectivity index (χ1n) is 8.61. The number of carboxylic acids is 1. The minimum atomic E-state index is -1.00. The maximum Gasteiger partial charge on any atom is 0.310 e. The first-order valence-corrected chi connectivity index (χ1v) is 8.61. The van der Waals surface area contributed by atoms with Crippen molar-refractivity contribution in [1.82, 2.24) is 4.90 Å². The number of aliphatic carboxylic acids is 1. The molecular weight excluding hydrogens is 354 g/mol. The predicted octanol–water partition coefficient (Wildman–Crippen LogP) is 1.08. The van der Waals surface area contributed by atoms with E-state index in [2.05, 4.69) is 0 Å². The summed E-state index contributed by atoms with van der Waals surface area (Å²) < 4.78 is 21.9. The molecule has 8 nitrogen and oxygen atoms in total. The summed E-state index contributed by atoms with van der Waals surface area (Å²) in [7, 11) is 4.58. The minimum absolute atomic E-state index is 0.206. The lowest BCUT2D eigenvalue weighted by atomic mass is 9.77. The van der Waals surface area contributed by atoms with Crippen molar-refractivity contribution < 1.29 is 33.6 Å². The molecule has 1 amide bonds. The van der Waals surface area contributed by atoms with Crippen molar-refractivity contribution >= 4 is 11.9 Å². The predicted molar refractivity (Wildman–Crippen MR) is 92.9 cm³/mol. The molecule has 1 aromatic carbocycles. The van der Waals surface area contributed by atoms with Gasteiger partial charge in [0.15, 0.2) is 11.5 Å². The molecule has 8 heteroatoms. The zero-order valence-electron chi connectivity index (χ0n) is 15.3. The number of likely N-dealkylation sites (tertiary alicyclic amines) is 1. The van der Waals surface area contributed by atoms with E-state index in [4.69, 9.17) is 18.9 Å². The largest absolute Gasteiger partial charge is 0.493 e. The SMILES string of the molecule is COc1cc(CN2C[C@@]34C=C[C@@H](O3)[C@H](C(=O)O)[C@H]4C2=O)cc(OC)c1OC. The van der Waals surface area contributed by atoms with Gasteiger partial charge in [-0.2, -0.15) is 0 Å². The Kier molecular flexibility index (Phi) is 4.03. The quantitative estimate of drug-likeness (QED) is 0.744. The van der Waals surface area contributed by atoms with Crippen molar-refractivity contribution in [1.29, 1.82) is 0 Å². The summed E-state index contributed by atoms with van der Waals surface area (Å²) in [5, 5.41) is 9.54. The van der Waals surface area contributed by atoms with Crippen LogP contribution in [-0.4, -0.2) is 61.5 Å². The molecule has 0 aromatic heterocycles. The van der Waals surface area contributed by atoms with Gasteiger partial charge in [0.2, 0.25) is 11.7 Å². The lowest BCUT2D eigenvalue weighted by Crippen LogP contribution is -2.39. The normalized spacial score (nSPS) is 30.6. The number of rotatable bonds is 6. The van der Waals surface area contributed by atoms with E-state index in [0.29, 0.717) is 30.3 Å². The third kappa shape index (κ3) is 2.47. The van der Waals surface area contributed by atoms with Crippen LogP contribution in [-0.2, 0) is 20.9 Å². The van der Waals surface area contributed by atoms with E-state index in [1.807, 2.05) is 6.08 Å². The highest BCUT2D eigenvalue weighted by atomic mass is 16.5. The number of carbonyl (C=O) groups is 2. The Balaban J connectivity index is 1.63. The number of nitrogens with zero attached hydrogens (tertiary/aromatic N) is 1. The Hall–Kier alpha value is -2.74. The van der Waals surface area contributed by atoms with Gasteiger partial charge in [0.25, 0.3) is 0 Å². The molecule has 3 aliphatic heterocycles. The highest BCUT2D eigenvalue weighted by Gasteiger charge is 2.66. The van der Waals surface area contributed by atoms with Gasteiger partial charge in [-0.1, -0.05) is 12.2 Å². The number of hydrogen-bond donors (Lipinski definition) is 1. The van der Waals surface area contributed by atoms with Crippen LogP contribution in [0.25, 0.3) is 0 Å². The van der Waals surface area contributed by atoms with Crippen LogP contribution in [0.1, 0.15) is 5.56 Å². The molecule has 1 N–H and O–H groups in total. The third-order valence-corrected chi connectivity index (χ3v) is 5.56. The van der Waals surface area contributed by atoms with Crippen LogP contribution in [0.5, 0.6) is 17.2 Å². The Labute approximate surface area is 156 Å². The van der Waals surface area contributed by atoms with Crippen LogP contribution in [0.4, 0.5) is 0 Å². The molecule has 4 rings (SSSR count). The van der Waals surface area contributed by atoms with Gasteiger partial charge in [0.05, 0.1) is 39.9 Å². The van der Waals surface area contributed by atoms with E-state index in [9.17, 15) is 14.7 Å². The van der Waals surface area contributed by atoms with Gasteiger partial charge in [-0.15, -0.1) is 0 Å². The molecule has 3 aliphatic rings. The molecule has 3 heterocycles. The first-order chi connectivity index (χ1) is 12.9. The van der Waals surface area contributed by atoms with Crippen LogP contribution in [0.3, 0.4) is 0 Å². The summed E-state index contributed by atoms with van der Waals surface area (Å²) >= 11 is 0. The van der Waals surface area contributed by atoms with Crippen LogP contribution < -0.4 is 14.2 Å². The molecular formula is C19H21NO7. The van der Waals surface area contributed by atoms with E-state index in [1.54, 1.807) is 23.1 Å². The van der Waals surface area contributed by atoms with Crippen molar-refractivity contribution in [2.45, 2.75) is 18.2 Å². The van der Waals surface area contributed by atoms with Gasteiger partial charge < -0.3 is 29.0 Å². The number of benzene rings is 1. The number of ether oxygens (including phenoxy) is 4. The second-order valence-electron chi connectivity index (χ2n) is 6.97. The van der Waals surface area contributed by atoms with Gasteiger partial charge in [0, 0.05) is 6.54 Å². The average molecular weight is 375 g/mol. The topological polar surface area (TPSA) is 94.5 Å². The van der Waals surface area contributed by atoms with Gasteiger partial charge in [-0.25, -0.2) is 0 Å². The number of carboxylic acid groups (broad SMARTS) is 1. The third-order valence-electron chi connectivity index (χ3n) is 5.56. The molecule has 0 aliphatic carbocycles. The number of fused-ring (bicyclic) bond motifs is 1. The first kappa shape index (κ1) is 17.7. The van der Waals surface area contributed by atoms with Crippen molar-refractivity contribution in [2.75, 3.05) is 27.9 Å². The Morgan fingerprint density at radius 3 is 2.48 bits per heavy atom. The standard InChI is InChI=1S/C19H21NO7/c1-24-12-6-10(7-13(25-2)16(12)26-3)8-20-9-19-5-4-11(27-19)14(18(22)23)15(19)17(20)21/h4-7,11,14-15H,8-9H2,1-3H3,(H,22,23)/t11-,14+,15+,19-/m1/s1. The summed E-state index contributed by atoms with van der Waals surface area (Å²) in [4.78, 5) is 26.3. The molecule has 2 bridgehead atoms. The fourth-order valence-corrected chi connectivity index (χ4v) is 4.44. The number of amides is 1. The summed E-state index contributed by atoms with van der Waals surface area (Å²) in [5.41, 5.74) is -0.0505. The lowest BCUT2D eigenvalue weighted by Gasteiger charge is -2.22. The molecule has 2 fully saturated rings. The molecule has 0 saturated carbocycles. The molecule has 2 saturated heterocycles.